The molecule has 18 heavy (non-hydrogen) atoms. The van der Waals surface area contributed by atoms with E-state index in [1.54, 1.807) is 29.5 Å². The van der Waals surface area contributed by atoms with Crippen molar-refractivity contribution in [2.75, 3.05) is 12.3 Å². The van der Waals surface area contributed by atoms with Gasteiger partial charge in [-0.2, -0.15) is 11.3 Å². The average molecular weight is 262 g/mol. The summed E-state index contributed by atoms with van der Waals surface area (Å²) in [6.45, 7) is 0.487. The van der Waals surface area contributed by atoms with E-state index in [0.29, 0.717) is 23.6 Å². The van der Waals surface area contributed by atoms with Gasteiger partial charge >= 0.3 is 0 Å². The van der Waals surface area contributed by atoms with Crippen molar-refractivity contribution in [2.45, 2.75) is 6.42 Å². The molecule has 1 aromatic heterocycles. The molecule has 0 atom stereocenters. The molecule has 0 saturated carbocycles. The van der Waals surface area contributed by atoms with Gasteiger partial charge in [-0.15, -0.1) is 0 Å². The van der Waals surface area contributed by atoms with Crippen LogP contribution in [0.1, 0.15) is 15.9 Å². The van der Waals surface area contributed by atoms with Crippen LogP contribution in [0.3, 0.4) is 0 Å². The van der Waals surface area contributed by atoms with Gasteiger partial charge in [-0.05, 0) is 34.5 Å². The van der Waals surface area contributed by atoms with Gasteiger partial charge in [-0.3, -0.25) is 4.79 Å². The number of amides is 1. The number of hydrogen-bond acceptors (Lipinski definition) is 4. The first-order valence-electron chi connectivity index (χ1n) is 5.50. The van der Waals surface area contributed by atoms with Gasteiger partial charge in [0.15, 0.2) is 0 Å². The van der Waals surface area contributed by atoms with Crippen molar-refractivity contribution < 1.29 is 9.53 Å². The molecule has 1 amide bonds. The van der Waals surface area contributed by atoms with Crippen molar-refractivity contribution >= 4 is 22.9 Å². The summed E-state index contributed by atoms with van der Waals surface area (Å²) in [6.07, 6.45) is 0.788. The standard InChI is InChI=1S/C13H14N2O2S/c14-10-1-2-11(13(15)16)12(7-10)17-5-3-9-4-6-18-8-9/h1-2,4,6-8H,3,5,14H2,(H2,15,16). The van der Waals surface area contributed by atoms with Crippen molar-refractivity contribution in [3.63, 3.8) is 0 Å². The highest BCUT2D eigenvalue weighted by Gasteiger charge is 2.09. The Balaban J connectivity index is 2.03. The number of rotatable bonds is 5. The minimum Gasteiger partial charge on any atom is -0.492 e. The molecule has 0 aliphatic rings. The summed E-state index contributed by atoms with van der Waals surface area (Å²) in [4.78, 5) is 11.2. The summed E-state index contributed by atoms with van der Waals surface area (Å²) in [5, 5.41) is 4.09. The van der Waals surface area contributed by atoms with Crippen molar-refractivity contribution in [3.05, 3.63) is 46.2 Å². The first-order valence-corrected chi connectivity index (χ1v) is 6.44. The second kappa shape index (κ2) is 5.55. The maximum atomic E-state index is 11.2. The van der Waals surface area contributed by atoms with Gasteiger partial charge in [0.25, 0.3) is 5.91 Å². The predicted octanol–water partition coefficient (Wildman–Crippen LogP) is 2.05. The second-order valence-electron chi connectivity index (χ2n) is 3.85. The summed E-state index contributed by atoms with van der Waals surface area (Å²) in [7, 11) is 0. The number of hydrogen-bond donors (Lipinski definition) is 2. The lowest BCUT2D eigenvalue weighted by atomic mass is 10.1. The Morgan fingerprint density at radius 2 is 2.17 bits per heavy atom. The Morgan fingerprint density at radius 1 is 1.33 bits per heavy atom. The molecule has 1 heterocycles. The van der Waals surface area contributed by atoms with Crippen LogP contribution in [-0.4, -0.2) is 12.5 Å². The van der Waals surface area contributed by atoms with E-state index >= 15 is 0 Å². The maximum Gasteiger partial charge on any atom is 0.252 e. The predicted molar refractivity (Wildman–Crippen MR) is 72.9 cm³/mol. The lowest BCUT2D eigenvalue weighted by Gasteiger charge is -2.09. The molecule has 0 unspecified atom stereocenters. The van der Waals surface area contributed by atoms with Crippen LogP contribution >= 0.6 is 11.3 Å². The Hall–Kier alpha value is -2.01. The van der Waals surface area contributed by atoms with Gasteiger partial charge in [0, 0.05) is 18.2 Å². The molecule has 0 aliphatic heterocycles. The number of anilines is 1. The molecule has 4 nitrogen and oxygen atoms in total. The molecular formula is C13H14N2O2S. The highest BCUT2D eigenvalue weighted by molar-refractivity contribution is 7.07. The van der Waals surface area contributed by atoms with Gasteiger partial charge in [0.05, 0.1) is 12.2 Å². The molecule has 2 aromatic rings. The minimum atomic E-state index is -0.513. The fourth-order valence-electron chi connectivity index (χ4n) is 1.58. The summed E-state index contributed by atoms with van der Waals surface area (Å²) in [6, 6.07) is 6.87. The van der Waals surface area contributed by atoms with E-state index in [9.17, 15) is 4.79 Å². The van der Waals surface area contributed by atoms with Crippen LogP contribution in [0.2, 0.25) is 0 Å². The molecule has 4 N–H and O–H groups in total. The van der Waals surface area contributed by atoms with E-state index in [1.807, 2.05) is 11.4 Å². The fraction of sp³-hybridized carbons (Fsp3) is 0.154. The third kappa shape index (κ3) is 3.01. The number of carbonyl (C=O) groups excluding carboxylic acids is 1. The molecule has 0 fully saturated rings. The number of carbonyl (C=O) groups is 1. The first kappa shape index (κ1) is 12.4. The monoisotopic (exact) mass is 262 g/mol. The Labute approximate surface area is 109 Å². The molecule has 5 heteroatoms. The molecule has 1 aromatic carbocycles. The SMILES string of the molecule is NC(=O)c1ccc(N)cc1OCCc1ccsc1. The average Bonchev–Trinajstić information content (AvgIpc) is 2.82. The molecule has 0 bridgehead atoms. The Bertz CT molecular complexity index is 538. The zero-order chi connectivity index (χ0) is 13.0. The third-order valence-electron chi connectivity index (χ3n) is 2.50. The highest BCUT2D eigenvalue weighted by Crippen LogP contribution is 2.21. The third-order valence-corrected chi connectivity index (χ3v) is 3.23. The molecule has 0 aliphatic carbocycles. The van der Waals surface area contributed by atoms with Crippen LogP contribution in [0.15, 0.2) is 35.0 Å². The number of benzene rings is 1. The van der Waals surface area contributed by atoms with Crippen molar-refractivity contribution in [3.8, 4) is 5.75 Å². The number of nitrogens with two attached hydrogens (primary N) is 2. The molecule has 0 spiro atoms. The van der Waals surface area contributed by atoms with Crippen LogP contribution in [-0.2, 0) is 6.42 Å². The fourth-order valence-corrected chi connectivity index (χ4v) is 2.28. The smallest absolute Gasteiger partial charge is 0.252 e. The summed E-state index contributed by atoms with van der Waals surface area (Å²) < 4.78 is 5.58. The van der Waals surface area contributed by atoms with Crippen LogP contribution in [0.5, 0.6) is 5.75 Å². The van der Waals surface area contributed by atoms with E-state index in [2.05, 4.69) is 5.38 Å². The largest absolute Gasteiger partial charge is 0.492 e. The number of primary amides is 1. The lowest BCUT2D eigenvalue weighted by molar-refractivity contribution is 0.0996. The minimum absolute atomic E-state index is 0.356. The zero-order valence-electron chi connectivity index (χ0n) is 9.76. The number of thiophene rings is 1. The quantitative estimate of drug-likeness (QED) is 0.809. The highest BCUT2D eigenvalue weighted by atomic mass is 32.1. The molecule has 94 valence electrons. The Morgan fingerprint density at radius 3 is 2.83 bits per heavy atom. The van der Waals surface area contributed by atoms with Crippen molar-refractivity contribution in [2.24, 2.45) is 5.73 Å². The normalized spacial score (nSPS) is 10.2. The zero-order valence-corrected chi connectivity index (χ0v) is 10.6. The van der Waals surface area contributed by atoms with Gasteiger partial charge < -0.3 is 16.2 Å². The topological polar surface area (TPSA) is 78.3 Å². The van der Waals surface area contributed by atoms with Crippen LogP contribution in [0, 0.1) is 0 Å². The molecule has 0 saturated heterocycles. The van der Waals surface area contributed by atoms with Gasteiger partial charge in [-0.1, -0.05) is 0 Å². The van der Waals surface area contributed by atoms with Gasteiger partial charge in [-0.25, -0.2) is 0 Å². The van der Waals surface area contributed by atoms with E-state index in [4.69, 9.17) is 16.2 Å². The lowest BCUT2D eigenvalue weighted by Crippen LogP contribution is -2.14. The summed E-state index contributed by atoms with van der Waals surface area (Å²) in [5.41, 5.74) is 13.1. The van der Waals surface area contributed by atoms with Crippen LogP contribution < -0.4 is 16.2 Å². The van der Waals surface area contributed by atoms with Gasteiger partial charge in [0.1, 0.15) is 5.75 Å². The van der Waals surface area contributed by atoms with Crippen LogP contribution in [0.4, 0.5) is 5.69 Å². The summed E-state index contributed by atoms with van der Waals surface area (Å²) in [5.74, 6) is -0.0711. The van der Waals surface area contributed by atoms with E-state index in [-0.39, 0.29) is 0 Å². The molecular weight excluding hydrogens is 248 g/mol. The molecule has 0 radical (unpaired) electrons. The van der Waals surface area contributed by atoms with Crippen LogP contribution in [0.25, 0.3) is 0 Å². The second-order valence-corrected chi connectivity index (χ2v) is 4.63. The summed E-state index contributed by atoms with van der Waals surface area (Å²) >= 11 is 1.65. The Kier molecular flexibility index (Phi) is 3.84. The first-order chi connectivity index (χ1) is 8.66. The molecule has 2 rings (SSSR count). The van der Waals surface area contributed by atoms with E-state index in [1.165, 1.54) is 5.56 Å². The number of nitrogen functional groups attached to an aromatic ring is 1. The maximum absolute atomic E-state index is 11.2. The van der Waals surface area contributed by atoms with Crippen molar-refractivity contribution in [1.29, 1.82) is 0 Å². The van der Waals surface area contributed by atoms with E-state index in [0.717, 1.165) is 6.42 Å². The number of ether oxygens (including phenoxy) is 1. The van der Waals surface area contributed by atoms with E-state index < -0.39 is 5.91 Å². The van der Waals surface area contributed by atoms with Crippen molar-refractivity contribution in [1.82, 2.24) is 0 Å². The van der Waals surface area contributed by atoms with Gasteiger partial charge in [0.2, 0.25) is 0 Å².